The molecule has 2 aromatic rings. The monoisotopic (exact) mass is 294 g/mol. The fourth-order valence-corrected chi connectivity index (χ4v) is 1.67. The van der Waals surface area contributed by atoms with Crippen molar-refractivity contribution in [1.29, 1.82) is 0 Å². The summed E-state index contributed by atoms with van der Waals surface area (Å²) in [5.74, 6) is 1.07. The number of ether oxygens (including phenoxy) is 1. The second kappa shape index (κ2) is 4.92. The third-order valence-electron chi connectivity index (χ3n) is 1.99. The summed E-state index contributed by atoms with van der Waals surface area (Å²) in [5, 5.41) is 10.6. The lowest BCUT2D eigenvalue weighted by Gasteiger charge is -2.06. The molecule has 0 radical (unpaired) electrons. The van der Waals surface area contributed by atoms with Crippen LogP contribution in [0, 0.1) is 10.1 Å². The molecule has 0 N–H and O–H groups in total. The lowest BCUT2D eigenvalue weighted by Crippen LogP contribution is -1.90. The van der Waals surface area contributed by atoms with Crippen LogP contribution in [-0.2, 0) is 0 Å². The highest BCUT2D eigenvalue weighted by Gasteiger charge is 2.10. The topological polar surface area (TPSA) is 65.3 Å². The van der Waals surface area contributed by atoms with Crippen molar-refractivity contribution in [3.63, 3.8) is 0 Å². The minimum absolute atomic E-state index is 0.00964. The molecule has 0 fully saturated rings. The van der Waals surface area contributed by atoms with E-state index in [1.165, 1.54) is 18.2 Å². The molecule has 0 bridgehead atoms. The first kappa shape index (κ1) is 11.5. The van der Waals surface area contributed by atoms with Gasteiger partial charge in [0.2, 0.25) is 0 Å². The smallest absolute Gasteiger partial charge is 0.270 e. The molecule has 0 aliphatic rings. The van der Waals surface area contributed by atoms with Gasteiger partial charge in [0.05, 0.1) is 15.6 Å². The highest BCUT2D eigenvalue weighted by atomic mass is 79.9. The third kappa shape index (κ3) is 2.79. The predicted octanol–water partition coefficient (Wildman–Crippen LogP) is 3.54. The Bertz CT molecular complexity index is 546. The van der Waals surface area contributed by atoms with Crippen LogP contribution in [0.2, 0.25) is 0 Å². The highest BCUT2D eigenvalue weighted by Crippen LogP contribution is 2.32. The number of non-ortho nitro benzene ring substituents is 1. The van der Waals surface area contributed by atoms with Crippen molar-refractivity contribution in [3.8, 4) is 11.5 Å². The first-order chi connectivity index (χ1) is 8.16. The lowest BCUT2D eigenvalue weighted by atomic mass is 10.3. The highest BCUT2D eigenvalue weighted by molar-refractivity contribution is 9.10. The summed E-state index contributed by atoms with van der Waals surface area (Å²) >= 11 is 3.22. The van der Waals surface area contributed by atoms with E-state index in [1.807, 2.05) is 0 Å². The Hall–Kier alpha value is -1.95. The molecule has 5 nitrogen and oxygen atoms in total. The molecule has 0 unspecified atom stereocenters. The summed E-state index contributed by atoms with van der Waals surface area (Å²) in [6.07, 6.45) is 3.20. The number of hydrogen-bond donors (Lipinski definition) is 0. The Morgan fingerprint density at radius 3 is 2.76 bits per heavy atom. The van der Waals surface area contributed by atoms with E-state index in [9.17, 15) is 10.1 Å². The van der Waals surface area contributed by atoms with Crippen LogP contribution < -0.4 is 4.74 Å². The van der Waals surface area contributed by atoms with Crippen LogP contribution in [0.1, 0.15) is 0 Å². The molecule has 0 aliphatic heterocycles. The largest absolute Gasteiger partial charge is 0.455 e. The second-order valence-corrected chi connectivity index (χ2v) is 4.02. The van der Waals surface area contributed by atoms with Gasteiger partial charge >= 0.3 is 0 Å². The zero-order valence-electron chi connectivity index (χ0n) is 8.54. The van der Waals surface area contributed by atoms with Crippen molar-refractivity contribution in [2.24, 2.45) is 0 Å². The van der Waals surface area contributed by atoms with E-state index in [0.29, 0.717) is 16.0 Å². The van der Waals surface area contributed by atoms with Crippen LogP contribution in [0.25, 0.3) is 0 Å². The van der Waals surface area contributed by atoms with Crippen molar-refractivity contribution in [2.45, 2.75) is 0 Å². The van der Waals surface area contributed by atoms with Crippen molar-refractivity contribution >= 4 is 21.6 Å². The van der Waals surface area contributed by atoms with Crippen molar-refractivity contribution in [3.05, 3.63) is 57.3 Å². The number of hydrogen-bond acceptors (Lipinski definition) is 4. The molecule has 2 rings (SSSR count). The zero-order valence-corrected chi connectivity index (χ0v) is 10.1. The van der Waals surface area contributed by atoms with E-state index in [2.05, 4.69) is 20.9 Å². The number of benzene rings is 1. The number of rotatable bonds is 3. The Balaban J connectivity index is 2.26. The van der Waals surface area contributed by atoms with Gasteiger partial charge in [-0.2, -0.15) is 0 Å². The lowest BCUT2D eigenvalue weighted by molar-refractivity contribution is -0.384. The van der Waals surface area contributed by atoms with E-state index >= 15 is 0 Å². The van der Waals surface area contributed by atoms with Gasteiger partial charge < -0.3 is 4.74 Å². The van der Waals surface area contributed by atoms with Gasteiger partial charge in [0.15, 0.2) is 0 Å². The van der Waals surface area contributed by atoms with Crippen LogP contribution in [0.15, 0.2) is 47.2 Å². The summed E-state index contributed by atoms with van der Waals surface area (Å²) in [7, 11) is 0. The molecule has 1 aromatic heterocycles. The minimum atomic E-state index is -0.460. The van der Waals surface area contributed by atoms with E-state index in [1.54, 1.807) is 24.5 Å². The average Bonchev–Trinajstić information content (AvgIpc) is 2.33. The number of aromatic nitrogens is 1. The molecule has 1 aromatic carbocycles. The molecule has 0 saturated carbocycles. The Kier molecular flexibility index (Phi) is 3.34. The molecular formula is C11H7BrN2O3. The summed E-state index contributed by atoms with van der Waals surface area (Å²) in [6.45, 7) is 0. The maximum atomic E-state index is 10.6. The molecule has 0 spiro atoms. The molecule has 0 amide bonds. The molecule has 0 saturated heterocycles. The normalized spacial score (nSPS) is 9.94. The number of nitro groups is 1. The Labute approximate surface area is 105 Å². The summed E-state index contributed by atoms with van der Waals surface area (Å²) in [4.78, 5) is 14.0. The molecule has 1 heterocycles. The second-order valence-electron chi connectivity index (χ2n) is 3.16. The van der Waals surface area contributed by atoms with E-state index in [-0.39, 0.29) is 5.69 Å². The maximum absolute atomic E-state index is 10.6. The molecule has 6 heteroatoms. The molecule has 86 valence electrons. The van der Waals surface area contributed by atoms with Gasteiger partial charge in [0.1, 0.15) is 11.5 Å². The van der Waals surface area contributed by atoms with Crippen LogP contribution in [-0.4, -0.2) is 9.91 Å². The van der Waals surface area contributed by atoms with Crippen LogP contribution in [0.5, 0.6) is 11.5 Å². The Morgan fingerprint density at radius 2 is 2.18 bits per heavy atom. The third-order valence-corrected chi connectivity index (χ3v) is 2.61. The molecule has 17 heavy (non-hydrogen) atoms. The molecule has 0 aliphatic carbocycles. The number of halogens is 1. The van der Waals surface area contributed by atoms with Crippen molar-refractivity contribution in [2.75, 3.05) is 0 Å². The average molecular weight is 295 g/mol. The Morgan fingerprint density at radius 1 is 1.35 bits per heavy atom. The summed E-state index contributed by atoms with van der Waals surface area (Å²) in [6, 6.07) is 7.81. The van der Waals surface area contributed by atoms with Crippen LogP contribution in [0.4, 0.5) is 5.69 Å². The zero-order chi connectivity index (χ0) is 12.3. The predicted molar refractivity (Wildman–Crippen MR) is 65.1 cm³/mol. The number of nitrogens with zero attached hydrogens (tertiary/aromatic N) is 2. The van der Waals surface area contributed by atoms with E-state index in [4.69, 9.17) is 4.74 Å². The summed E-state index contributed by atoms with van der Waals surface area (Å²) in [5.41, 5.74) is 0.00964. The quantitative estimate of drug-likeness (QED) is 0.641. The van der Waals surface area contributed by atoms with Gasteiger partial charge in [0, 0.05) is 18.3 Å². The van der Waals surface area contributed by atoms with Crippen LogP contribution >= 0.6 is 15.9 Å². The standard InChI is InChI=1S/C11H7BrN2O3/c12-10-6-8(14(15)16)3-4-11(10)17-9-2-1-5-13-7-9/h1-7H. The fourth-order valence-electron chi connectivity index (χ4n) is 1.22. The van der Waals surface area contributed by atoms with Gasteiger partial charge in [-0.15, -0.1) is 0 Å². The first-order valence-electron chi connectivity index (χ1n) is 4.68. The molecule has 0 atom stereocenters. The SMILES string of the molecule is O=[N+]([O-])c1ccc(Oc2cccnc2)c(Br)c1. The van der Waals surface area contributed by atoms with Gasteiger partial charge in [0.25, 0.3) is 5.69 Å². The van der Waals surface area contributed by atoms with Gasteiger partial charge in [-0.3, -0.25) is 15.1 Å². The first-order valence-corrected chi connectivity index (χ1v) is 5.48. The number of nitro benzene ring substituents is 1. The molecular weight excluding hydrogens is 288 g/mol. The van der Waals surface area contributed by atoms with Gasteiger partial charge in [-0.1, -0.05) is 0 Å². The summed E-state index contributed by atoms with van der Waals surface area (Å²) < 4.78 is 6.04. The van der Waals surface area contributed by atoms with Crippen molar-refractivity contribution < 1.29 is 9.66 Å². The van der Waals surface area contributed by atoms with E-state index in [0.717, 1.165) is 0 Å². The number of pyridine rings is 1. The van der Waals surface area contributed by atoms with E-state index < -0.39 is 4.92 Å². The van der Waals surface area contributed by atoms with Crippen molar-refractivity contribution in [1.82, 2.24) is 4.98 Å². The van der Waals surface area contributed by atoms with Gasteiger partial charge in [-0.25, -0.2) is 0 Å². The fraction of sp³-hybridized carbons (Fsp3) is 0. The minimum Gasteiger partial charge on any atom is -0.455 e. The van der Waals surface area contributed by atoms with Crippen LogP contribution in [0.3, 0.4) is 0 Å². The van der Waals surface area contributed by atoms with Gasteiger partial charge in [-0.05, 0) is 34.1 Å². The maximum Gasteiger partial charge on any atom is 0.270 e.